The van der Waals surface area contributed by atoms with Gasteiger partial charge in [0.25, 0.3) is 11.4 Å². The minimum Gasteiger partial charge on any atom is -0.463 e. The molecule has 14 heteroatoms. The number of ether oxygens (including phenoxy) is 2. The Morgan fingerprint density at radius 1 is 1.22 bits per heavy atom. The lowest BCUT2D eigenvalue weighted by molar-refractivity contribution is -0.203. The Kier molecular flexibility index (Phi) is 8.43. The van der Waals surface area contributed by atoms with E-state index in [4.69, 9.17) is 18.5 Å². The standard InChI is InChI=1S/C23H29F2N2O9P/c1-14(2)34-18(29)15(3)12-37(32,36-16-8-6-5-7-9-16)33-13-23(25)19(30)22(4,24)20(35-23)27-11-10-17(28)26-21(27)31/h5-11,14-15,19-20,30H,12-13H2,1-4H3,(H,26,28,31)/t15-,19+,20-,22-,23-,37+/m1/s1. The van der Waals surface area contributed by atoms with Crippen LogP contribution in [0.1, 0.15) is 33.9 Å². The first-order valence-corrected chi connectivity index (χ1v) is 13.1. The molecule has 0 radical (unpaired) electrons. The molecular formula is C23H29F2N2O9P. The van der Waals surface area contributed by atoms with Crippen LogP contribution < -0.4 is 15.8 Å². The first-order chi connectivity index (χ1) is 17.2. The molecule has 2 heterocycles. The molecule has 6 atom stereocenters. The number of rotatable bonds is 10. The number of carbonyl (C=O) groups excluding carboxylic acids is 1. The number of alkyl halides is 2. The average Bonchev–Trinajstić information content (AvgIpc) is 2.98. The van der Waals surface area contributed by atoms with Gasteiger partial charge < -0.3 is 19.1 Å². The van der Waals surface area contributed by atoms with Crippen molar-refractivity contribution in [1.29, 1.82) is 0 Å². The zero-order chi connectivity index (χ0) is 27.6. The molecule has 1 fully saturated rings. The molecule has 1 aliphatic heterocycles. The lowest BCUT2D eigenvalue weighted by atomic mass is 9.97. The van der Waals surface area contributed by atoms with Crippen molar-refractivity contribution in [2.45, 2.75) is 57.7 Å². The van der Waals surface area contributed by atoms with Crippen molar-refractivity contribution in [3.63, 3.8) is 0 Å². The maximum absolute atomic E-state index is 15.8. The molecule has 11 nitrogen and oxygen atoms in total. The van der Waals surface area contributed by atoms with Crippen molar-refractivity contribution in [2.75, 3.05) is 12.8 Å². The van der Waals surface area contributed by atoms with Gasteiger partial charge in [0.15, 0.2) is 18.0 Å². The Bertz CT molecular complexity index is 1270. The van der Waals surface area contributed by atoms with E-state index < -0.39 is 73.5 Å². The largest absolute Gasteiger partial charge is 0.463 e. The number of nitrogens with zero attached hydrogens (tertiary/aromatic N) is 1. The van der Waals surface area contributed by atoms with Crippen LogP contribution in [0.5, 0.6) is 5.75 Å². The second-order valence-corrected chi connectivity index (χ2v) is 11.2. The maximum Gasteiger partial charge on any atom is 0.380 e. The smallest absolute Gasteiger partial charge is 0.380 e. The first-order valence-electron chi connectivity index (χ1n) is 11.4. The van der Waals surface area contributed by atoms with E-state index in [2.05, 4.69) is 0 Å². The number of nitrogens with one attached hydrogen (secondary N) is 1. The van der Waals surface area contributed by atoms with Gasteiger partial charge in [-0.05, 0) is 32.9 Å². The highest BCUT2D eigenvalue weighted by Gasteiger charge is 2.65. The second kappa shape index (κ2) is 10.9. The summed E-state index contributed by atoms with van der Waals surface area (Å²) in [6, 6.07) is 8.63. The Balaban J connectivity index is 1.86. The lowest BCUT2D eigenvalue weighted by Gasteiger charge is -2.28. The number of aliphatic hydroxyl groups is 1. The quantitative estimate of drug-likeness (QED) is 0.339. The molecule has 37 heavy (non-hydrogen) atoms. The highest BCUT2D eigenvalue weighted by Crippen LogP contribution is 2.53. The van der Waals surface area contributed by atoms with Gasteiger partial charge in [-0.15, -0.1) is 0 Å². The van der Waals surface area contributed by atoms with E-state index in [1.165, 1.54) is 19.1 Å². The maximum atomic E-state index is 15.8. The number of H-pyrrole nitrogens is 1. The van der Waals surface area contributed by atoms with E-state index in [1.807, 2.05) is 4.98 Å². The molecular weight excluding hydrogens is 517 g/mol. The van der Waals surface area contributed by atoms with Gasteiger partial charge in [0.05, 0.1) is 18.2 Å². The van der Waals surface area contributed by atoms with Gasteiger partial charge in [-0.2, -0.15) is 0 Å². The molecule has 0 saturated carbocycles. The molecule has 2 aromatic rings. The van der Waals surface area contributed by atoms with E-state index in [-0.39, 0.29) is 5.75 Å². The number of aromatic nitrogens is 2. The monoisotopic (exact) mass is 546 g/mol. The van der Waals surface area contributed by atoms with Gasteiger partial charge >= 0.3 is 19.3 Å². The van der Waals surface area contributed by atoms with E-state index in [1.54, 1.807) is 32.0 Å². The fourth-order valence-electron chi connectivity index (χ4n) is 3.68. The highest BCUT2D eigenvalue weighted by atomic mass is 31.2. The number of benzene rings is 1. The fraction of sp³-hybridized carbons (Fsp3) is 0.522. The normalized spacial score (nSPS) is 28.0. The fourth-order valence-corrected chi connectivity index (χ4v) is 5.55. The predicted molar refractivity (Wildman–Crippen MR) is 127 cm³/mol. The Labute approximate surface area is 210 Å². The summed E-state index contributed by atoms with van der Waals surface area (Å²) in [7, 11) is -4.34. The van der Waals surface area contributed by atoms with Crippen LogP contribution in [0.3, 0.4) is 0 Å². The second-order valence-electron chi connectivity index (χ2n) is 9.19. The lowest BCUT2D eigenvalue weighted by Crippen LogP contribution is -2.47. The number of aromatic amines is 1. The summed E-state index contributed by atoms with van der Waals surface area (Å²) in [5.41, 5.74) is -4.76. The number of halogens is 2. The molecule has 2 N–H and O–H groups in total. The van der Waals surface area contributed by atoms with Gasteiger partial charge in [0.2, 0.25) is 0 Å². The molecule has 0 bridgehead atoms. The third kappa shape index (κ3) is 6.53. The van der Waals surface area contributed by atoms with Crippen molar-refractivity contribution >= 4 is 13.6 Å². The van der Waals surface area contributed by atoms with E-state index in [9.17, 15) is 24.1 Å². The van der Waals surface area contributed by atoms with Crippen molar-refractivity contribution in [3.8, 4) is 5.75 Å². The third-order valence-electron chi connectivity index (χ3n) is 5.53. The molecule has 1 aromatic heterocycles. The van der Waals surface area contributed by atoms with Crippen LogP contribution in [0.25, 0.3) is 0 Å². The van der Waals surface area contributed by atoms with Gasteiger partial charge in [0, 0.05) is 12.3 Å². The molecule has 204 valence electrons. The minimum atomic E-state index is -4.34. The Morgan fingerprint density at radius 2 is 1.86 bits per heavy atom. The zero-order valence-corrected chi connectivity index (χ0v) is 21.5. The summed E-state index contributed by atoms with van der Waals surface area (Å²) in [5, 5.41) is 10.5. The SMILES string of the molecule is CC(C)OC(=O)[C@H](C)C[P@](=O)(OC[C@@]1(F)O[C@@H](n2ccc(=O)[nH]c2=O)[C@](C)(F)[C@@H]1O)Oc1ccccc1. The number of hydrogen-bond acceptors (Lipinski definition) is 9. The summed E-state index contributed by atoms with van der Waals surface area (Å²) < 4.78 is 66.5. The molecule has 0 amide bonds. The summed E-state index contributed by atoms with van der Waals surface area (Å²) in [5.74, 6) is -4.90. The van der Waals surface area contributed by atoms with Crippen LogP contribution in [0, 0.1) is 5.92 Å². The van der Waals surface area contributed by atoms with Crippen LogP contribution in [-0.4, -0.2) is 57.1 Å². The average molecular weight is 546 g/mol. The van der Waals surface area contributed by atoms with Crippen LogP contribution >= 0.6 is 7.60 Å². The Hall–Kier alpha value is -2.86. The van der Waals surface area contributed by atoms with E-state index >= 15 is 8.78 Å². The topological polar surface area (TPSA) is 146 Å². The van der Waals surface area contributed by atoms with Crippen LogP contribution in [0.2, 0.25) is 0 Å². The van der Waals surface area contributed by atoms with Crippen LogP contribution in [0.15, 0.2) is 52.2 Å². The molecule has 0 spiro atoms. The summed E-state index contributed by atoms with van der Waals surface area (Å²) in [6.45, 7) is 4.19. The highest BCUT2D eigenvalue weighted by molar-refractivity contribution is 7.54. The van der Waals surface area contributed by atoms with Crippen LogP contribution in [-0.2, 0) is 23.4 Å². The third-order valence-corrected chi connectivity index (χ3v) is 7.54. The molecule has 3 rings (SSSR count). The number of esters is 1. The van der Waals surface area contributed by atoms with Crippen molar-refractivity contribution < 1.29 is 41.8 Å². The van der Waals surface area contributed by atoms with Crippen molar-refractivity contribution in [2.24, 2.45) is 5.92 Å². The van der Waals surface area contributed by atoms with E-state index in [0.717, 1.165) is 19.2 Å². The zero-order valence-electron chi connectivity index (χ0n) is 20.6. The number of hydrogen-bond donors (Lipinski definition) is 2. The molecule has 1 saturated heterocycles. The number of aliphatic hydroxyl groups excluding tert-OH is 1. The molecule has 0 aliphatic carbocycles. The predicted octanol–water partition coefficient (Wildman–Crippen LogP) is 2.70. The van der Waals surface area contributed by atoms with Crippen molar-refractivity contribution in [1.82, 2.24) is 9.55 Å². The number of para-hydroxylation sites is 1. The van der Waals surface area contributed by atoms with Gasteiger partial charge in [-0.25, -0.2) is 18.1 Å². The molecule has 1 aliphatic rings. The van der Waals surface area contributed by atoms with Gasteiger partial charge in [-0.3, -0.25) is 23.7 Å². The first kappa shape index (κ1) is 28.7. The molecule has 0 unspecified atom stereocenters. The number of carbonyl (C=O) groups is 1. The minimum absolute atomic E-state index is 0.0871. The van der Waals surface area contributed by atoms with Gasteiger partial charge in [-0.1, -0.05) is 25.1 Å². The summed E-state index contributed by atoms with van der Waals surface area (Å²) in [4.78, 5) is 37.7. The van der Waals surface area contributed by atoms with Crippen LogP contribution in [0.4, 0.5) is 8.78 Å². The Morgan fingerprint density at radius 3 is 2.46 bits per heavy atom. The molecule has 1 aromatic carbocycles. The summed E-state index contributed by atoms with van der Waals surface area (Å²) in [6.07, 6.45) is -4.60. The summed E-state index contributed by atoms with van der Waals surface area (Å²) >= 11 is 0. The van der Waals surface area contributed by atoms with Crippen molar-refractivity contribution in [3.05, 3.63) is 63.4 Å². The van der Waals surface area contributed by atoms with Gasteiger partial charge in [0.1, 0.15) is 12.4 Å². The van der Waals surface area contributed by atoms with E-state index in [0.29, 0.717) is 4.57 Å².